The fourth-order valence-electron chi connectivity index (χ4n) is 3.31. The van der Waals surface area contributed by atoms with Crippen molar-refractivity contribution in [2.75, 3.05) is 32.6 Å². The van der Waals surface area contributed by atoms with E-state index in [-0.39, 0.29) is 0 Å². The Morgan fingerprint density at radius 1 is 1.29 bits per heavy atom. The largest absolute Gasteiger partial charge is 0.330 e. The number of hydrogen-bond acceptors (Lipinski definition) is 2. The van der Waals surface area contributed by atoms with Crippen molar-refractivity contribution in [3.8, 4) is 0 Å². The van der Waals surface area contributed by atoms with Crippen molar-refractivity contribution < 1.29 is 9.28 Å². The summed E-state index contributed by atoms with van der Waals surface area (Å²) in [6, 6.07) is 8.81. The molecule has 0 radical (unpaired) electrons. The van der Waals surface area contributed by atoms with Crippen molar-refractivity contribution in [1.29, 1.82) is 0 Å². The van der Waals surface area contributed by atoms with Crippen LogP contribution in [0.4, 0.5) is 5.69 Å². The zero-order chi connectivity index (χ0) is 15.0. The van der Waals surface area contributed by atoms with Crippen LogP contribution in [0.5, 0.6) is 0 Å². The molecule has 1 saturated carbocycles. The first-order valence-electron chi connectivity index (χ1n) is 7.84. The van der Waals surface area contributed by atoms with Gasteiger partial charge in [-0.3, -0.25) is 4.79 Å². The van der Waals surface area contributed by atoms with Crippen LogP contribution in [0.2, 0.25) is 0 Å². The minimum Gasteiger partial charge on any atom is -0.330 e. The van der Waals surface area contributed by atoms with Gasteiger partial charge >= 0.3 is 0 Å². The number of hydrogen-bond donors (Lipinski definition) is 0. The fourth-order valence-corrected chi connectivity index (χ4v) is 4.78. The van der Waals surface area contributed by atoms with Gasteiger partial charge in [0.15, 0.2) is 0 Å². The topological polar surface area (TPSA) is 20.3 Å². The van der Waals surface area contributed by atoms with E-state index in [1.54, 1.807) is 0 Å². The fraction of sp³-hybridized carbons (Fsp3) is 0.588. The number of amides is 1. The molecule has 1 aliphatic heterocycles. The SMILES string of the molecule is C[N+](C)(C)CCC(=O)N1c2ccccc2SC2CCCC21. The Balaban J connectivity index is 1.86. The molecule has 3 nitrogen and oxygen atoms in total. The lowest BCUT2D eigenvalue weighted by Gasteiger charge is -2.39. The average Bonchev–Trinajstić information content (AvgIpc) is 2.89. The van der Waals surface area contributed by atoms with Crippen LogP contribution in [0.3, 0.4) is 0 Å². The number of carbonyl (C=O) groups is 1. The van der Waals surface area contributed by atoms with E-state index in [4.69, 9.17) is 0 Å². The lowest BCUT2D eigenvalue weighted by atomic mass is 10.1. The summed E-state index contributed by atoms with van der Waals surface area (Å²) >= 11 is 1.97. The zero-order valence-corrected chi connectivity index (χ0v) is 14.0. The van der Waals surface area contributed by atoms with Gasteiger partial charge in [-0.15, -0.1) is 11.8 Å². The molecule has 1 aliphatic carbocycles. The highest BCUT2D eigenvalue weighted by Gasteiger charge is 2.40. The van der Waals surface area contributed by atoms with Crippen molar-refractivity contribution in [1.82, 2.24) is 0 Å². The standard InChI is InChI=1S/C17H25N2OS/c1-19(2,3)12-11-17(20)18-13-7-4-5-9-15(13)21-16-10-6-8-14(16)18/h4-5,7,9,14,16H,6,8,10-12H2,1-3H3/q+1. The summed E-state index contributed by atoms with van der Waals surface area (Å²) in [5.74, 6) is 0.299. The van der Waals surface area contributed by atoms with Gasteiger partial charge in [0.25, 0.3) is 0 Å². The van der Waals surface area contributed by atoms with Crippen molar-refractivity contribution >= 4 is 23.4 Å². The van der Waals surface area contributed by atoms with Gasteiger partial charge in [0, 0.05) is 16.2 Å². The zero-order valence-electron chi connectivity index (χ0n) is 13.2. The minimum atomic E-state index is 0.299. The second-order valence-corrected chi connectivity index (χ2v) is 8.43. The second-order valence-electron chi connectivity index (χ2n) is 7.15. The quantitative estimate of drug-likeness (QED) is 0.800. The Kier molecular flexibility index (Phi) is 4.02. The first-order chi connectivity index (χ1) is 9.96. The molecule has 1 amide bonds. The molecule has 1 fully saturated rings. The molecule has 2 atom stereocenters. The van der Waals surface area contributed by atoms with Crippen LogP contribution in [0.15, 0.2) is 29.2 Å². The van der Waals surface area contributed by atoms with Crippen LogP contribution < -0.4 is 4.90 Å². The Morgan fingerprint density at radius 3 is 2.81 bits per heavy atom. The van der Waals surface area contributed by atoms with E-state index < -0.39 is 0 Å². The summed E-state index contributed by atoms with van der Waals surface area (Å²) in [7, 11) is 6.43. The molecular weight excluding hydrogens is 280 g/mol. The maximum atomic E-state index is 12.9. The summed E-state index contributed by atoms with van der Waals surface area (Å²) < 4.78 is 0.837. The van der Waals surface area contributed by atoms with Gasteiger partial charge in [-0.2, -0.15) is 0 Å². The van der Waals surface area contributed by atoms with Crippen LogP contribution in [0.25, 0.3) is 0 Å². The van der Waals surface area contributed by atoms with Crippen LogP contribution in [-0.2, 0) is 4.79 Å². The number of rotatable bonds is 3. The third-order valence-corrected chi connectivity index (χ3v) is 5.87. The maximum Gasteiger partial charge on any atom is 0.232 e. The molecule has 0 N–H and O–H groups in total. The van der Waals surface area contributed by atoms with Crippen LogP contribution in [-0.4, -0.2) is 49.4 Å². The van der Waals surface area contributed by atoms with Gasteiger partial charge in [-0.25, -0.2) is 0 Å². The lowest BCUT2D eigenvalue weighted by molar-refractivity contribution is -0.869. The molecule has 3 rings (SSSR count). The molecule has 114 valence electrons. The Bertz CT molecular complexity index is 538. The van der Waals surface area contributed by atoms with E-state index in [0.717, 1.165) is 23.1 Å². The first kappa shape index (κ1) is 14.9. The molecule has 0 aromatic heterocycles. The molecule has 0 saturated heterocycles. The smallest absolute Gasteiger partial charge is 0.232 e. The van der Waals surface area contributed by atoms with Crippen molar-refractivity contribution in [2.24, 2.45) is 0 Å². The number of benzene rings is 1. The molecule has 4 heteroatoms. The van der Waals surface area contributed by atoms with E-state index in [2.05, 4.69) is 50.3 Å². The molecule has 0 bridgehead atoms. The summed E-state index contributed by atoms with van der Waals surface area (Å²) in [5.41, 5.74) is 1.14. The summed E-state index contributed by atoms with van der Waals surface area (Å²) in [6.07, 6.45) is 4.27. The highest BCUT2D eigenvalue weighted by Crippen LogP contribution is 2.47. The number of para-hydroxylation sites is 1. The van der Waals surface area contributed by atoms with Crippen LogP contribution >= 0.6 is 11.8 Å². The van der Waals surface area contributed by atoms with Crippen molar-refractivity contribution in [3.05, 3.63) is 24.3 Å². The predicted octanol–water partition coefficient (Wildman–Crippen LogP) is 3.14. The summed E-state index contributed by atoms with van der Waals surface area (Å²) in [6.45, 7) is 0.891. The molecule has 1 heterocycles. The number of fused-ring (bicyclic) bond motifs is 2. The van der Waals surface area contributed by atoms with E-state index in [0.29, 0.717) is 23.6 Å². The lowest BCUT2D eigenvalue weighted by Crippen LogP contribution is -2.48. The summed E-state index contributed by atoms with van der Waals surface area (Å²) in [5, 5.41) is 0.591. The van der Waals surface area contributed by atoms with Gasteiger partial charge in [-0.05, 0) is 25.0 Å². The van der Waals surface area contributed by atoms with Crippen LogP contribution in [0, 0.1) is 0 Å². The highest BCUT2D eigenvalue weighted by atomic mass is 32.2. The van der Waals surface area contributed by atoms with E-state index in [1.165, 1.54) is 17.7 Å². The Labute approximate surface area is 131 Å². The number of nitrogens with zero attached hydrogens (tertiary/aromatic N) is 2. The van der Waals surface area contributed by atoms with Crippen molar-refractivity contribution in [3.63, 3.8) is 0 Å². The number of thioether (sulfide) groups is 1. The molecule has 0 spiro atoms. The van der Waals surface area contributed by atoms with Gasteiger partial charge in [0.05, 0.1) is 39.8 Å². The molecule has 21 heavy (non-hydrogen) atoms. The van der Waals surface area contributed by atoms with Crippen LogP contribution in [0.1, 0.15) is 25.7 Å². The molecule has 2 aliphatic rings. The van der Waals surface area contributed by atoms with Gasteiger partial charge in [0.1, 0.15) is 0 Å². The Hall–Kier alpha value is -1.00. The number of carbonyl (C=O) groups excluding carboxylic acids is 1. The summed E-state index contributed by atoms with van der Waals surface area (Å²) in [4.78, 5) is 16.3. The normalized spacial score (nSPS) is 24.6. The third kappa shape index (κ3) is 3.11. The maximum absolute atomic E-state index is 12.9. The molecular formula is C17H25N2OS+. The second kappa shape index (κ2) is 5.65. The Morgan fingerprint density at radius 2 is 2.05 bits per heavy atom. The first-order valence-corrected chi connectivity index (χ1v) is 8.72. The number of quaternary nitrogens is 1. The molecule has 1 aromatic rings. The predicted molar refractivity (Wildman–Crippen MR) is 88.7 cm³/mol. The highest BCUT2D eigenvalue weighted by molar-refractivity contribution is 8.00. The monoisotopic (exact) mass is 305 g/mol. The minimum absolute atomic E-state index is 0.299. The molecule has 2 unspecified atom stereocenters. The van der Waals surface area contributed by atoms with E-state index >= 15 is 0 Å². The molecule has 1 aromatic carbocycles. The van der Waals surface area contributed by atoms with Gasteiger partial charge in [-0.1, -0.05) is 18.6 Å². The van der Waals surface area contributed by atoms with Gasteiger partial charge < -0.3 is 9.38 Å². The average molecular weight is 305 g/mol. The number of anilines is 1. The van der Waals surface area contributed by atoms with Crippen molar-refractivity contribution in [2.45, 2.75) is 41.9 Å². The third-order valence-electron chi connectivity index (χ3n) is 4.42. The van der Waals surface area contributed by atoms with Gasteiger partial charge in [0.2, 0.25) is 5.91 Å². The van der Waals surface area contributed by atoms with E-state index in [1.807, 2.05) is 11.8 Å². The van der Waals surface area contributed by atoms with E-state index in [9.17, 15) is 4.79 Å².